The maximum absolute atomic E-state index is 5.78. The van der Waals surface area contributed by atoms with Crippen molar-refractivity contribution in [3.8, 4) is 0 Å². The molecule has 1 aliphatic rings. The van der Waals surface area contributed by atoms with Crippen LogP contribution >= 0.6 is 0 Å². The van der Waals surface area contributed by atoms with E-state index in [9.17, 15) is 0 Å². The van der Waals surface area contributed by atoms with Gasteiger partial charge in [-0.15, -0.1) is 0 Å². The zero-order valence-corrected chi connectivity index (χ0v) is 11.8. The molecule has 1 aromatic heterocycles. The van der Waals surface area contributed by atoms with Crippen LogP contribution in [-0.2, 0) is 16.9 Å². The van der Waals surface area contributed by atoms with Gasteiger partial charge in [-0.2, -0.15) is 0 Å². The van der Waals surface area contributed by atoms with Crippen LogP contribution in [0.1, 0.15) is 52.1 Å². The molecule has 1 aromatic rings. The summed E-state index contributed by atoms with van der Waals surface area (Å²) in [6, 6.07) is 1.96. The number of nitrogens with zero attached hydrogens (tertiary/aromatic N) is 2. The molecule has 0 bridgehead atoms. The van der Waals surface area contributed by atoms with Crippen LogP contribution in [0, 0.1) is 0 Å². The molecule has 4 heteroatoms. The Morgan fingerprint density at radius 1 is 1.44 bits per heavy atom. The minimum atomic E-state index is -0.294. The van der Waals surface area contributed by atoms with E-state index in [1.807, 2.05) is 12.3 Å². The largest absolute Gasteiger partial charge is 0.367 e. The molecule has 4 nitrogen and oxygen atoms in total. The summed E-state index contributed by atoms with van der Waals surface area (Å²) in [6.45, 7) is 10.1. The van der Waals surface area contributed by atoms with Gasteiger partial charge in [0, 0.05) is 24.9 Å². The lowest BCUT2D eigenvalue weighted by molar-refractivity contribution is 0.00912. The second-order valence-electron chi connectivity index (χ2n) is 6.16. The van der Waals surface area contributed by atoms with E-state index in [0.29, 0.717) is 0 Å². The van der Waals surface area contributed by atoms with Gasteiger partial charge in [-0.1, -0.05) is 0 Å². The van der Waals surface area contributed by atoms with Crippen LogP contribution in [0.4, 0.5) is 0 Å². The van der Waals surface area contributed by atoms with Crippen molar-refractivity contribution >= 4 is 0 Å². The van der Waals surface area contributed by atoms with Gasteiger partial charge in [0.15, 0.2) is 5.82 Å². The zero-order valence-electron chi connectivity index (χ0n) is 11.8. The van der Waals surface area contributed by atoms with Gasteiger partial charge in [0.05, 0.1) is 5.69 Å². The number of rotatable bonds is 3. The second kappa shape index (κ2) is 4.94. The van der Waals surface area contributed by atoms with Crippen molar-refractivity contribution in [3.63, 3.8) is 0 Å². The Morgan fingerprint density at radius 2 is 2.22 bits per heavy atom. The molecule has 1 atom stereocenters. The summed E-state index contributed by atoms with van der Waals surface area (Å²) >= 11 is 0. The maximum atomic E-state index is 5.78. The first-order valence-corrected chi connectivity index (χ1v) is 6.60. The SMILES string of the molecule is CC(C)(C)NCc1ccnc(C2(C)CCCO2)n1. The first-order chi connectivity index (χ1) is 8.39. The van der Waals surface area contributed by atoms with Crippen LogP contribution in [0.5, 0.6) is 0 Å². The first kappa shape index (κ1) is 13.4. The fourth-order valence-corrected chi connectivity index (χ4v) is 2.06. The molecular weight excluding hydrogens is 226 g/mol. The number of hydrogen-bond donors (Lipinski definition) is 1. The number of ether oxygens (including phenoxy) is 1. The third kappa shape index (κ3) is 3.27. The average molecular weight is 249 g/mol. The van der Waals surface area contributed by atoms with E-state index in [-0.39, 0.29) is 11.1 Å². The fraction of sp³-hybridized carbons (Fsp3) is 0.714. The van der Waals surface area contributed by atoms with Gasteiger partial charge < -0.3 is 10.1 Å². The minimum absolute atomic E-state index is 0.0961. The van der Waals surface area contributed by atoms with Crippen molar-refractivity contribution in [1.29, 1.82) is 0 Å². The highest BCUT2D eigenvalue weighted by Crippen LogP contribution is 2.33. The van der Waals surface area contributed by atoms with E-state index in [1.165, 1.54) is 0 Å². The topological polar surface area (TPSA) is 47.0 Å². The Kier molecular flexibility index (Phi) is 3.69. The lowest BCUT2D eigenvalue weighted by Crippen LogP contribution is -2.35. The summed E-state index contributed by atoms with van der Waals surface area (Å²) in [4.78, 5) is 9.00. The molecule has 100 valence electrons. The third-order valence-corrected chi connectivity index (χ3v) is 3.20. The number of aromatic nitrogens is 2. The first-order valence-electron chi connectivity index (χ1n) is 6.60. The molecule has 0 aliphatic carbocycles. The van der Waals surface area contributed by atoms with E-state index in [4.69, 9.17) is 4.74 Å². The van der Waals surface area contributed by atoms with Crippen LogP contribution in [0.25, 0.3) is 0 Å². The Morgan fingerprint density at radius 3 is 2.83 bits per heavy atom. The molecule has 1 saturated heterocycles. The molecule has 18 heavy (non-hydrogen) atoms. The summed E-state index contributed by atoms with van der Waals surface area (Å²) in [5.74, 6) is 0.813. The van der Waals surface area contributed by atoms with E-state index in [2.05, 4.69) is 43.0 Å². The molecule has 1 aliphatic heterocycles. The molecule has 0 saturated carbocycles. The highest BCUT2D eigenvalue weighted by molar-refractivity contribution is 5.09. The minimum Gasteiger partial charge on any atom is -0.367 e. The fourth-order valence-electron chi connectivity index (χ4n) is 2.06. The molecule has 1 unspecified atom stereocenters. The van der Waals surface area contributed by atoms with Crippen LogP contribution in [0.3, 0.4) is 0 Å². The van der Waals surface area contributed by atoms with Crippen LogP contribution < -0.4 is 5.32 Å². The predicted molar refractivity (Wildman–Crippen MR) is 71.2 cm³/mol. The molecule has 1 fully saturated rings. The highest BCUT2D eigenvalue weighted by atomic mass is 16.5. The molecule has 0 amide bonds. The quantitative estimate of drug-likeness (QED) is 0.893. The van der Waals surface area contributed by atoms with Gasteiger partial charge in [0.25, 0.3) is 0 Å². The Hall–Kier alpha value is -1.00. The molecule has 2 heterocycles. The van der Waals surface area contributed by atoms with Crippen molar-refractivity contribution in [2.45, 2.75) is 58.2 Å². The Bertz CT molecular complexity index is 406. The highest BCUT2D eigenvalue weighted by Gasteiger charge is 2.34. The van der Waals surface area contributed by atoms with Crippen molar-refractivity contribution in [2.24, 2.45) is 0 Å². The monoisotopic (exact) mass is 249 g/mol. The second-order valence-corrected chi connectivity index (χ2v) is 6.16. The normalized spacial score (nSPS) is 24.4. The number of hydrogen-bond acceptors (Lipinski definition) is 4. The Balaban J connectivity index is 2.10. The van der Waals surface area contributed by atoms with Crippen molar-refractivity contribution in [3.05, 3.63) is 23.8 Å². The smallest absolute Gasteiger partial charge is 0.160 e. The van der Waals surface area contributed by atoms with E-state index in [0.717, 1.165) is 37.5 Å². The zero-order chi connectivity index (χ0) is 13.2. The van der Waals surface area contributed by atoms with Crippen LogP contribution in [0.2, 0.25) is 0 Å². The standard InChI is InChI=1S/C14H23N3O/c1-13(2,3)16-10-11-6-8-15-12(17-11)14(4)7-5-9-18-14/h6,8,16H,5,7,9-10H2,1-4H3. The summed E-state index contributed by atoms with van der Waals surface area (Å²) < 4.78 is 5.78. The van der Waals surface area contributed by atoms with E-state index in [1.54, 1.807) is 0 Å². The van der Waals surface area contributed by atoms with Gasteiger partial charge in [0.1, 0.15) is 5.60 Å². The molecule has 2 rings (SSSR count). The Labute approximate surface area is 109 Å². The average Bonchev–Trinajstić information content (AvgIpc) is 2.75. The van der Waals surface area contributed by atoms with Crippen LogP contribution in [-0.4, -0.2) is 22.1 Å². The predicted octanol–water partition coefficient (Wildman–Crippen LogP) is 2.39. The van der Waals surface area contributed by atoms with E-state index >= 15 is 0 Å². The van der Waals surface area contributed by atoms with E-state index < -0.39 is 0 Å². The lowest BCUT2D eigenvalue weighted by atomic mass is 10.0. The summed E-state index contributed by atoms with van der Waals surface area (Å²) in [7, 11) is 0. The number of nitrogens with one attached hydrogen (secondary N) is 1. The van der Waals surface area contributed by atoms with Gasteiger partial charge in [-0.3, -0.25) is 0 Å². The molecule has 0 radical (unpaired) electrons. The third-order valence-electron chi connectivity index (χ3n) is 3.20. The molecule has 1 N–H and O–H groups in total. The summed E-state index contributed by atoms with van der Waals surface area (Å²) in [5.41, 5.74) is 0.822. The van der Waals surface area contributed by atoms with Gasteiger partial charge in [0.2, 0.25) is 0 Å². The molecule has 0 spiro atoms. The molecular formula is C14H23N3O. The van der Waals surface area contributed by atoms with Gasteiger partial charge in [-0.05, 0) is 46.6 Å². The van der Waals surface area contributed by atoms with Crippen molar-refractivity contribution in [1.82, 2.24) is 15.3 Å². The summed E-state index contributed by atoms with van der Waals surface area (Å²) in [6.07, 6.45) is 3.92. The van der Waals surface area contributed by atoms with Crippen LogP contribution in [0.15, 0.2) is 12.3 Å². The maximum Gasteiger partial charge on any atom is 0.160 e. The van der Waals surface area contributed by atoms with Gasteiger partial charge >= 0.3 is 0 Å². The summed E-state index contributed by atoms with van der Waals surface area (Å²) in [5, 5.41) is 3.44. The van der Waals surface area contributed by atoms with Crippen molar-refractivity contribution in [2.75, 3.05) is 6.61 Å². The lowest BCUT2D eigenvalue weighted by Gasteiger charge is -2.23. The van der Waals surface area contributed by atoms with Crippen molar-refractivity contribution < 1.29 is 4.74 Å². The molecule has 0 aromatic carbocycles. The van der Waals surface area contributed by atoms with Gasteiger partial charge in [-0.25, -0.2) is 9.97 Å².